The molecule has 2 saturated heterocycles. The van der Waals surface area contributed by atoms with Crippen molar-refractivity contribution in [3.63, 3.8) is 0 Å². The van der Waals surface area contributed by atoms with Gasteiger partial charge in [0.15, 0.2) is 23.0 Å². The Labute approximate surface area is 255 Å². The molecule has 2 amide bonds. The highest BCUT2D eigenvalue weighted by atomic mass is 16.7. The largest absolute Gasteiger partial charge is 0.493 e. The molecule has 45 heavy (non-hydrogen) atoms. The van der Waals surface area contributed by atoms with Crippen LogP contribution in [0.4, 0.5) is 11.4 Å². The van der Waals surface area contributed by atoms with Crippen molar-refractivity contribution in [1.29, 1.82) is 0 Å². The van der Waals surface area contributed by atoms with E-state index < -0.39 is 51.9 Å². The smallest absolute Gasteiger partial charge is 0.286 e. The van der Waals surface area contributed by atoms with Crippen molar-refractivity contribution in [2.45, 2.75) is 24.9 Å². The normalized spacial score (nSPS) is 17.6. The molecule has 2 atom stereocenters. The molecule has 0 bridgehead atoms. The summed E-state index contributed by atoms with van der Waals surface area (Å²) in [6.07, 6.45) is 1.62. The van der Waals surface area contributed by atoms with Crippen LogP contribution in [0, 0.1) is 20.2 Å². The average molecular weight is 625 g/mol. The van der Waals surface area contributed by atoms with Crippen molar-refractivity contribution in [3.8, 4) is 23.0 Å². The molecule has 0 saturated carbocycles. The lowest BCUT2D eigenvalue weighted by Crippen LogP contribution is -2.36. The molecule has 2 fully saturated rings. The van der Waals surface area contributed by atoms with E-state index in [1.165, 1.54) is 24.0 Å². The molecule has 236 valence electrons. The summed E-state index contributed by atoms with van der Waals surface area (Å²) < 4.78 is 21.6. The predicted molar refractivity (Wildman–Crippen MR) is 155 cm³/mol. The van der Waals surface area contributed by atoms with Crippen molar-refractivity contribution in [2.24, 2.45) is 0 Å². The first-order chi connectivity index (χ1) is 21.4. The summed E-state index contributed by atoms with van der Waals surface area (Å²) in [5, 5.41) is 23.8. The molecule has 2 aromatic carbocycles. The zero-order chi connectivity index (χ0) is 33.0. The van der Waals surface area contributed by atoms with Crippen LogP contribution in [0.2, 0.25) is 0 Å². The van der Waals surface area contributed by atoms with Crippen LogP contribution in [0.25, 0.3) is 0 Å². The highest BCUT2D eigenvalue weighted by Crippen LogP contribution is 2.39. The van der Waals surface area contributed by atoms with Crippen molar-refractivity contribution >= 4 is 35.8 Å². The molecule has 2 aliphatic rings. The van der Waals surface area contributed by atoms with E-state index in [0.717, 1.165) is 24.3 Å². The van der Waals surface area contributed by atoms with Gasteiger partial charge < -0.3 is 38.3 Å². The molecule has 2 aliphatic heterocycles. The van der Waals surface area contributed by atoms with E-state index in [4.69, 9.17) is 18.9 Å². The number of nitro benzene ring substituents is 2. The van der Waals surface area contributed by atoms with E-state index in [1.807, 2.05) is 0 Å². The minimum Gasteiger partial charge on any atom is -0.493 e. The minimum absolute atomic E-state index is 0.0527. The van der Waals surface area contributed by atoms with Gasteiger partial charge >= 0.3 is 0 Å². The summed E-state index contributed by atoms with van der Waals surface area (Å²) in [7, 11) is 2.48. The maximum atomic E-state index is 13.2. The highest BCUT2D eigenvalue weighted by molar-refractivity contribution is 6.01. The van der Waals surface area contributed by atoms with E-state index in [-0.39, 0.29) is 60.1 Å². The van der Waals surface area contributed by atoms with Gasteiger partial charge in [-0.3, -0.25) is 29.8 Å². The number of carbonyl (C=O) groups excluding carboxylic acids is 4. The topological polar surface area (TPSA) is 198 Å². The van der Waals surface area contributed by atoms with Crippen LogP contribution < -0.4 is 18.9 Å². The van der Waals surface area contributed by atoms with Crippen LogP contribution in [0.3, 0.4) is 0 Å². The van der Waals surface area contributed by atoms with Gasteiger partial charge in [-0.2, -0.15) is 0 Å². The molecule has 2 aromatic rings. The van der Waals surface area contributed by atoms with E-state index in [9.17, 15) is 39.4 Å². The fourth-order valence-electron chi connectivity index (χ4n) is 5.10. The summed E-state index contributed by atoms with van der Waals surface area (Å²) in [6, 6.07) is 2.47. The van der Waals surface area contributed by atoms with Crippen molar-refractivity contribution in [1.82, 2.24) is 9.80 Å². The first-order valence-electron chi connectivity index (χ1n) is 13.3. The molecule has 0 aliphatic carbocycles. The maximum Gasteiger partial charge on any atom is 0.286 e. The summed E-state index contributed by atoms with van der Waals surface area (Å²) >= 11 is 0. The molecule has 16 heteroatoms. The number of benzene rings is 2. The van der Waals surface area contributed by atoms with Crippen LogP contribution in [0.5, 0.6) is 23.0 Å². The first-order valence-corrected chi connectivity index (χ1v) is 13.3. The van der Waals surface area contributed by atoms with Gasteiger partial charge in [-0.1, -0.05) is 24.3 Å². The zero-order valence-corrected chi connectivity index (χ0v) is 24.3. The summed E-state index contributed by atoms with van der Waals surface area (Å²) in [5.41, 5.74) is -0.718. The fraction of sp³-hybridized carbons (Fsp3) is 0.310. The number of carbonyl (C=O) groups is 4. The Morgan fingerprint density at radius 2 is 1.16 bits per heavy atom. The van der Waals surface area contributed by atoms with Gasteiger partial charge in [0.05, 0.1) is 48.3 Å². The van der Waals surface area contributed by atoms with Gasteiger partial charge in [-0.05, 0) is 12.8 Å². The van der Waals surface area contributed by atoms with Crippen molar-refractivity contribution in [2.75, 3.05) is 34.1 Å². The molecule has 0 N–H and O–H groups in total. The zero-order valence-electron chi connectivity index (χ0n) is 24.3. The molecule has 1 unspecified atom stereocenters. The minimum atomic E-state index is -0.818. The lowest BCUT2D eigenvalue weighted by molar-refractivity contribution is -0.385. The van der Waals surface area contributed by atoms with Crippen molar-refractivity contribution < 1.29 is 48.0 Å². The Morgan fingerprint density at radius 3 is 1.47 bits per heavy atom. The van der Waals surface area contributed by atoms with E-state index in [1.54, 1.807) is 0 Å². The van der Waals surface area contributed by atoms with Gasteiger partial charge in [0.2, 0.25) is 6.79 Å². The van der Waals surface area contributed by atoms with Crippen LogP contribution in [0.15, 0.2) is 48.6 Å². The quantitative estimate of drug-likeness (QED) is 0.110. The third-order valence-corrected chi connectivity index (χ3v) is 7.27. The summed E-state index contributed by atoms with van der Waals surface area (Å²) in [6.45, 7) is 7.01. The fourth-order valence-corrected chi connectivity index (χ4v) is 5.10. The van der Waals surface area contributed by atoms with E-state index in [2.05, 4.69) is 13.2 Å². The SMILES string of the molecule is C=C1CC(C=O)N(C(=O)c2cc(OC)c(OCOc3cc([N+](=O)[O-])c(C(=O)N4CC(=C)C[C@H]4C=O)cc3OC)cc2[N+](=O)[O-])C1. The van der Waals surface area contributed by atoms with E-state index >= 15 is 0 Å². The van der Waals surface area contributed by atoms with Gasteiger partial charge in [-0.15, -0.1) is 0 Å². The van der Waals surface area contributed by atoms with Crippen LogP contribution in [-0.4, -0.2) is 90.2 Å². The Balaban J connectivity index is 1.60. The lowest BCUT2D eigenvalue weighted by Gasteiger charge is -2.21. The highest BCUT2D eigenvalue weighted by Gasteiger charge is 2.37. The van der Waals surface area contributed by atoms with Gasteiger partial charge in [-0.25, -0.2) is 0 Å². The molecule has 4 rings (SSSR count). The number of nitrogens with zero attached hydrogens (tertiary/aromatic N) is 4. The number of likely N-dealkylation sites (tertiary alicyclic amines) is 2. The molecular weight excluding hydrogens is 596 g/mol. The second-order valence-corrected chi connectivity index (χ2v) is 10.1. The molecular formula is C29H28N4O12. The lowest BCUT2D eigenvalue weighted by atomic mass is 10.1. The maximum absolute atomic E-state index is 13.2. The van der Waals surface area contributed by atoms with Gasteiger partial charge in [0.1, 0.15) is 23.7 Å². The Bertz CT molecular complexity index is 1500. The number of amides is 2. The number of methoxy groups -OCH3 is 2. The number of aldehydes is 2. The standard InChI is InChI=1S/C29H28N4O12/c1-16-5-18(13-34)30(11-16)28(36)20-7-24(42-3)26(9-22(20)32(38)39)44-15-45-27-10-23(33(40)41)21(8-25(27)43-4)29(37)31-12-17(2)6-19(31)14-35/h7-10,13-14,18-19H,1-2,5-6,11-12,15H2,3-4H3/t18-,19?/m0/s1. The third-order valence-electron chi connectivity index (χ3n) is 7.27. The van der Waals surface area contributed by atoms with E-state index in [0.29, 0.717) is 23.7 Å². The predicted octanol–water partition coefficient (Wildman–Crippen LogP) is 2.87. The monoisotopic (exact) mass is 624 g/mol. The number of rotatable bonds is 12. The van der Waals surface area contributed by atoms with Crippen LogP contribution >= 0.6 is 0 Å². The Kier molecular flexibility index (Phi) is 9.45. The molecule has 0 radical (unpaired) electrons. The third kappa shape index (κ3) is 6.43. The number of nitro groups is 2. The van der Waals surface area contributed by atoms with Gasteiger partial charge in [0, 0.05) is 25.2 Å². The Morgan fingerprint density at radius 1 is 0.778 bits per heavy atom. The molecule has 16 nitrogen and oxygen atoms in total. The summed E-state index contributed by atoms with van der Waals surface area (Å²) in [5.74, 6) is -2.11. The van der Waals surface area contributed by atoms with Crippen LogP contribution in [-0.2, 0) is 9.59 Å². The average Bonchev–Trinajstić information content (AvgIpc) is 3.60. The molecule has 0 spiro atoms. The second kappa shape index (κ2) is 13.2. The van der Waals surface area contributed by atoms with Gasteiger partial charge in [0.25, 0.3) is 23.2 Å². The van der Waals surface area contributed by atoms with Crippen LogP contribution in [0.1, 0.15) is 33.6 Å². The number of hydrogen-bond acceptors (Lipinski definition) is 12. The van der Waals surface area contributed by atoms with Crippen molar-refractivity contribution in [3.05, 3.63) is 79.9 Å². The number of hydrogen-bond donors (Lipinski definition) is 0. The molecule has 2 heterocycles. The second-order valence-electron chi connectivity index (χ2n) is 10.1. The summed E-state index contributed by atoms with van der Waals surface area (Å²) in [4.78, 5) is 74.0. The Hall–Kier alpha value is -5.80. The number of ether oxygens (including phenoxy) is 4. The molecule has 0 aromatic heterocycles. The first kappa shape index (κ1) is 32.1.